The maximum absolute atomic E-state index is 4.65. The second kappa shape index (κ2) is 11.0. The van der Waals surface area contributed by atoms with Crippen molar-refractivity contribution in [3.05, 3.63) is 108 Å². The van der Waals surface area contributed by atoms with E-state index in [0.717, 1.165) is 18.7 Å². The smallest absolute Gasteiger partial charge is 0.0514 e. The van der Waals surface area contributed by atoms with Crippen molar-refractivity contribution in [2.75, 3.05) is 23.9 Å². The molecule has 5 rings (SSSR count). The largest absolute Gasteiger partial charge is 0.378 e. The molecule has 3 nitrogen and oxygen atoms in total. The normalized spacial score (nSPS) is 15.6. The van der Waals surface area contributed by atoms with Crippen LogP contribution in [0.4, 0.5) is 11.4 Å². The summed E-state index contributed by atoms with van der Waals surface area (Å²) < 4.78 is 0. The molecule has 0 unspecified atom stereocenters. The van der Waals surface area contributed by atoms with E-state index in [2.05, 4.69) is 114 Å². The van der Waals surface area contributed by atoms with Crippen molar-refractivity contribution in [2.24, 2.45) is 10.9 Å². The number of allylic oxidation sites excluding steroid dienone is 2. The lowest BCUT2D eigenvalue weighted by atomic mass is 9.86. The number of hydrogen-bond donors (Lipinski definition) is 0. The Morgan fingerprint density at radius 1 is 0.833 bits per heavy atom. The second-order valence-electron chi connectivity index (χ2n) is 10.3. The molecule has 1 aliphatic heterocycles. The van der Waals surface area contributed by atoms with E-state index in [1.165, 1.54) is 71.4 Å². The topological polar surface area (TPSA) is 18.8 Å². The first kappa shape index (κ1) is 24.1. The average molecular weight is 476 g/mol. The molecule has 0 radical (unpaired) electrons. The van der Waals surface area contributed by atoms with Gasteiger partial charge in [-0.3, -0.25) is 4.99 Å². The Balaban J connectivity index is 1.40. The molecule has 3 aromatic carbocycles. The van der Waals surface area contributed by atoms with Gasteiger partial charge >= 0.3 is 0 Å². The fourth-order valence-corrected chi connectivity index (χ4v) is 5.36. The number of benzene rings is 3. The minimum atomic E-state index is 0.558. The van der Waals surface area contributed by atoms with Crippen LogP contribution < -0.4 is 9.80 Å². The Morgan fingerprint density at radius 3 is 2.17 bits per heavy atom. The summed E-state index contributed by atoms with van der Waals surface area (Å²) in [5.74, 6) is 0.558. The Labute approximate surface area is 216 Å². The Bertz CT molecular complexity index is 1240. The molecule has 1 heterocycles. The summed E-state index contributed by atoms with van der Waals surface area (Å²) >= 11 is 0. The summed E-state index contributed by atoms with van der Waals surface area (Å²) in [4.78, 5) is 9.15. The first-order valence-corrected chi connectivity index (χ1v) is 13.2. The van der Waals surface area contributed by atoms with Gasteiger partial charge in [-0.15, -0.1) is 0 Å². The molecule has 0 N–H and O–H groups in total. The monoisotopic (exact) mass is 475 g/mol. The maximum Gasteiger partial charge on any atom is 0.0514 e. The lowest BCUT2D eigenvalue weighted by Gasteiger charge is -2.34. The first-order valence-electron chi connectivity index (χ1n) is 13.2. The maximum atomic E-state index is 4.65. The predicted octanol–water partition coefficient (Wildman–Crippen LogP) is 8.23. The molecule has 3 aromatic rings. The fourth-order valence-electron chi connectivity index (χ4n) is 5.36. The molecule has 36 heavy (non-hydrogen) atoms. The van der Waals surface area contributed by atoms with Crippen LogP contribution in [0.25, 0.3) is 11.1 Å². The molecule has 0 atom stereocenters. The minimum Gasteiger partial charge on any atom is -0.378 e. The summed E-state index contributed by atoms with van der Waals surface area (Å²) in [6.45, 7) is 5.47. The molecule has 0 saturated heterocycles. The van der Waals surface area contributed by atoms with Crippen LogP contribution in [0.5, 0.6) is 0 Å². The van der Waals surface area contributed by atoms with Crippen molar-refractivity contribution in [2.45, 2.75) is 45.1 Å². The molecular weight excluding hydrogens is 438 g/mol. The van der Waals surface area contributed by atoms with Gasteiger partial charge in [-0.25, -0.2) is 0 Å². The number of nitrogens with zero attached hydrogens (tertiary/aromatic N) is 3. The third-order valence-electron chi connectivity index (χ3n) is 7.57. The van der Waals surface area contributed by atoms with Gasteiger partial charge < -0.3 is 9.80 Å². The molecule has 1 saturated carbocycles. The molecule has 0 aromatic heterocycles. The zero-order valence-electron chi connectivity index (χ0n) is 21.7. The average Bonchev–Trinajstić information content (AvgIpc) is 3.48. The Kier molecular flexibility index (Phi) is 7.36. The Hall–Kier alpha value is -3.59. The van der Waals surface area contributed by atoms with E-state index in [-0.39, 0.29) is 0 Å². The van der Waals surface area contributed by atoms with Crippen LogP contribution in [0.15, 0.2) is 102 Å². The molecule has 1 aliphatic carbocycles. The van der Waals surface area contributed by atoms with E-state index in [9.17, 15) is 0 Å². The molecule has 0 amide bonds. The second-order valence-corrected chi connectivity index (χ2v) is 10.3. The highest BCUT2D eigenvalue weighted by atomic mass is 15.1. The standard InChI is InChI=1S/C33H37N3/c1-25(27-9-5-4-6-10-27)36(32-12-7-11-30(23-32)33-13-8-22-34-33)24-26-14-16-28(17-15-26)29-18-20-31(21-19-29)35(2)3/h7-8,11-12,14-23,27H,1,4-6,9-10,13,24H2,2-3H3. The van der Waals surface area contributed by atoms with E-state index >= 15 is 0 Å². The zero-order valence-corrected chi connectivity index (χ0v) is 21.7. The number of anilines is 2. The van der Waals surface area contributed by atoms with Crippen LogP contribution in [0.2, 0.25) is 0 Å². The third kappa shape index (κ3) is 5.46. The van der Waals surface area contributed by atoms with Crippen molar-refractivity contribution in [3.63, 3.8) is 0 Å². The van der Waals surface area contributed by atoms with E-state index in [0.29, 0.717) is 5.92 Å². The van der Waals surface area contributed by atoms with Crippen LogP contribution >= 0.6 is 0 Å². The molecule has 3 heteroatoms. The number of hydrogen-bond acceptors (Lipinski definition) is 3. The van der Waals surface area contributed by atoms with Crippen molar-refractivity contribution in [1.29, 1.82) is 0 Å². The van der Waals surface area contributed by atoms with Gasteiger partial charge in [-0.1, -0.05) is 80.4 Å². The van der Waals surface area contributed by atoms with Gasteiger partial charge in [0, 0.05) is 50.3 Å². The van der Waals surface area contributed by atoms with Crippen molar-refractivity contribution in [1.82, 2.24) is 0 Å². The lowest BCUT2D eigenvalue weighted by Crippen LogP contribution is -2.27. The SMILES string of the molecule is C=C(C1CCCCC1)N(Cc1ccc(-c2ccc(N(C)C)cc2)cc1)c1cccc(C2=NC=CC2)c1. The van der Waals surface area contributed by atoms with E-state index < -0.39 is 0 Å². The van der Waals surface area contributed by atoms with E-state index in [1.54, 1.807) is 0 Å². The van der Waals surface area contributed by atoms with Crippen molar-refractivity contribution in [3.8, 4) is 11.1 Å². The quantitative estimate of drug-likeness (QED) is 0.327. The van der Waals surface area contributed by atoms with Crippen LogP contribution in [-0.2, 0) is 6.54 Å². The molecule has 0 spiro atoms. The van der Waals surface area contributed by atoms with Gasteiger partial charge in [0.05, 0.1) is 5.71 Å². The first-order chi connectivity index (χ1) is 17.6. The summed E-state index contributed by atoms with van der Waals surface area (Å²) in [5.41, 5.74) is 9.81. The molecule has 184 valence electrons. The molecule has 1 fully saturated rings. The Morgan fingerprint density at radius 2 is 1.53 bits per heavy atom. The summed E-state index contributed by atoms with van der Waals surface area (Å²) in [6, 6.07) is 26.6. The van der Waals surface area contributed by atoms with E-state index in [1.807, 2.05) is 6.20 Å². The highest BCUT2D eigenvalue weighted by molar-refractivity contribution is 6.03. The van der Waals surface area contributed by atoms with Gasteiger partial charge in [-0.2, -0.15) is 0 Å². The lowest BCUT2D eigenvalue weighted by molar-refractivity contribution is 0.396. The van der Waals surface area contributed by atoms with Gasteiger partial charge in [-0.05, 0) is 65.3 Å². The van der Waals surface area contributed by atoms with Crippen LogP contribution in [0.1, 0.15) is 49.7 Å². The third-order valence-corrected chi connectivity index (χ3v) is 7.57. The van der Waals surface area contributed by atoms with Crippen molar-refractivity contribution < 1.29 is 0 Å². The molecule has 2 aliphatic rings. The van der Waals surface area contributed by atoms with Crippen LogP contribution in [-0.4, -0.2) is 19.8 Å². The fraction of sp³-hybridized carbons (Fsp3) is 0.303. The summed E-state index contributed by atoms with van der Waals surface area (Å²) in [5, 5.41) is 0. The molecular formula is C33H37N3. The predicted molar refractivity (Wildman–Crippen MR) is 155 cm³/mol. The molecule has 0 bridgehead atoms. The number of rotatable bonds is 8. The van der Waals surface area contributed by atoms with Crippen molar-refractivity contribution >= 4 is 17.1 Å². The summed E-state index contributed by atoms with van der Waals surface area (Å²) in [7, 11) is 4.15. The van der Waals surface area contributed by atoms with Gasteiger partial charge in [0.25, 0.3) is 0 Å². The van der Waals surface area contributed by atoms with Gasteiger partial charge in [0.2, 0.25) is 0 Å². The van der Waals surface area contributed by atoms with Gasteiger partial charge in [0.1, 0.15) is 0 Å². The van der Waals surface area contributed by atoms with Crippen LogP contribution in [0, 0.1) is 5.92 Å². The van der Waals surface area contributed by atoms with Crippen LogP contribution in [0.3, 0.4) is 0 Å². The van der Waals surface area contributed by atoms with Gasteiger partial charge in [0.15, 0.2) is 0 Å². The highest BCUT2D eigenvalue weighted by Gasteiger charge is 2.23. The zero-order chi connectivity index (χ0) is 24.9. The number of aliphatic imine (C=N–C) groups is 1. The highest BCUT2D eigenvalue weighted by Crippen LogP contribution is 2.35. The summed E-state index contributed by atoms with van der Waals surface area (Å²) in [6.07, 6.45) is 11.4. The minimum absolute atomic E-state index is 0.558. The van der Waals surface area contributed by atoms with E-state index in [4.69, 9.17) is 0 Å².